The molecule has 0 fully saturated rings. The Bertz CT molecular complexity index is 131. The van der Waals surface area contributed by atoms with E-state index in [2.05, 4.69) is 0 Å². The molecule has 0 saturated carbocycles. The van der Waals surface area contributed by atoms with E-state index in [0.29, 0.717) is 18.1 Å². The summed E-state index contributed by atoms with van der Waals surface area (Å²) in [6, 6.07) is 0. The molecule has 0 rings (SSSR count). The molecule has 0 aliphatic carbocycles. The van der Waals surface area contributed by atoms with Crippen LogP contribution in [0.2, 0.25) is 0 Å². The van der Waals surface area contributed by atoms with Crippen LogP contribution in [0.15, 0.2) is 0 Å². The molecule has 0 saturated heterocycles. The smallest absolute Gasteiger partial charge is 0.0577 e. The van der Waals surface area contributed by atoms with Crippen molar-refractivity contribution >= 4 is 10.8 Å². The van der Waals surface area contributed by atoms with Gasteiger partial charge in [-0.1, -0.05) is 0 Å². The van der Waals surface area contributed by atoms with Crippen LogP contribution in [0.5, 0.6) is 0 Å². The summed E-state index contributed by atoms with van der Waals surface area (Å²) < 4.78 is 16.0. The first-order valence-corrected chi connectivity index (χ1v) is 5.07. The van der Waals surface area contributed by atoms with E-state index in [1.54, 1.807) is 7.11 Å². The molecule has 0 heterocycles. The number of methoxy groups -OCH3 is 1. The fourth-order valence-electron chi connectivity index (χ4n) is 0.663. The molecule has 0 aromatic heterocycles. The van der Waals surface area contributed by atoms with Crippen molar-refractivity contribution in [3.63, 3.8) is 0 Å². The molecule has 68 valence electrons. The molecule has 11 heavy (non-hydrogen) atoms. The Morgan fingerprint density at radius 1 is 1.55 bits per heavy atom. The first kappa shape index (κ1) is 11.1. The molecule has 1 atom stereocenters. The lowest BCUT2D eigenvalue weighted by Crippen LogP contribution is -2.38. The van der Waals surface area contributed by atoms with E-state index < -0.39 is 10.8 Å². The van der Waals surface area contributed by atoms with E-state index in [0.717, 1.165) is 0 Å². The zero-order valence-corrected chi connectivity index (χ0v) is 8.24. The van der Waals surface area contributed by atoms with Gasteiger partial charge in [0.1, 0.15) is 0 Å². The topological polar surface area (TPSA) is 52.3 Å². The Kier molecular flexibility index (Phi) is 4.88. The van der Waals surface area contributed by atoms with Gasteiger partial charge < -0.3 is 10.5 Å². The fourth-order valence-corrected chi connectivity index (χ4v) is 1.99. The lowest BCUT2D eigenvalue weighted by atomic mass is 10.1. The summed E-state index contributed by atoms with van der Waals surface area (Å²) in [6.07, 6.45) is 0. The molecular formula is C7H17NO2S. The third-order valence-electron chi connectivity index (χ3n) is 1.05. The van der Waals surface area contributed by atoms with Gasteiger partial charge in [0.25, 0.3) is 0 Å². The summed E-state index contributed by atoms with van der Waals surface area (Å²) in [5, 5.41) is 0. The van der Waals surface area contributed by atoms with Crippen molar-refractivity contribution in [3.8, 4) is 0 Å². The van der Waals surface area contributed by atoms with Crippen LogP contribution in [0.3, 0.4) is 0 Å². The molecule has 3 nitrogen and oxygen atoms in total. The van der Waals surface area contributed by atoms with Crippen LogP contribution >= 0.6 is 0 Å². The Morgan fingerprint density at radius 3 is 2.45 bits per heavy atom. The van der Waals surface area contributed by atoms with Gasteiger partial charge >= 0.3 is 0 Å². The number of rotatable bonds is 5. The second-order valence-corrected chi connectivity index (χ2v) is 4.85. The largest absolute Gasteiger partial charge is 0.384 e. The lowest BCUT2D eigenvalue weighted by molar-refractivity contribution is 0.218. The predicted octanol–water partition coefficient (Wildman–Crippen LogP) is 0.119. The van der Waals surface area contributed by atoms with E-state index in [4.69, 9.17) is 10.5 Å². The number of hydrogen-bond acceptors (Lipinski definition) is 3. The standard InChI is InChI=1S/C7H17NO2S/c1-7(2,8)6-11(9)5-4-10-3/h4-6,8H2,1-3H3. The summed E-state index contributed by atoms with van der Waals surface area (Å²) >= 11 is 0. The van der Waals surface area contributed by atoms with Crippen LogP contribution in [0.4, 0.5) is 0 Å². The minimum Gasteiger partial charge on any atom is -0.384 e. The molecule has 2 N–H and O–H groups in total. The first-order chi connectivity index (χ1) is 4.95. The Balaban J connectivity index is 3.53. The highest BCUT2D eigenvalue weighted by molar-refractivity contribution is 7.85. The van der Waals surface area contributed by atoms with Gasteiger partial charge in [-0.3, -0.25) is 4.21 Å². The highest BCUT2D eigenvalue weighted by Crippen LogP contribution is 1.99. The molecule has 0 aromatic carbocycles. The summed E-state index contributed by atoms with van der Waals surface area (Å²) in [5.41, 5.74) is 5.34. The monoisotopic (exact) mass is 179 g/mol. The average molecular weight is 179 g/mol. The highest BCUT2D eigenvalue weighted by Gasteiger charge is 2.14. The van der Waals surface area contributed by atoms with Crippen LogP contribution in [0, 0.1) is 0 Å². The summed E-state index contributed by atoms with van der Waals surface area (Å²) in [7, 11) is 0.763. The normalized spacial score (nSPS) is 14.9. The van der Waals surface area contributed by atoms with Crippen LogP contribution < -0.4 is 5.73 Å². The summed E-state index contributed by atoms with van der Waals surface area (Å²) in [6.45, 7) is 4.29. The van der Waals surface area contributed by atoms with Crippen molar-refractivity contribution < 1.29 is 8.95 Å². The van der Waals surface area contributed by atoms with Gasteiger partial charge in [-0.15, -0.1) is 0 Å². The van der Waals surface area contributed by atoms with Crippen LogP contribution in [0.25, 0.3) is 0 Å². The molecule has 0 aliphatic rings. The fraction of sp³-hybridized carbons (Fsp3) is 1.00. The molecular weight excluding hydrogens is 162 g/mol. The van der Waals surface area contributed by atoms with E-state index in [1.165, 1.54) is 0 Å². The molecule has 4 heteroatoms. The van der Waals surface area contributed by atoms with Crippen molar-refractivity contribution in [2.75, 3.05) is 25.2 Å². The Labute approximate surface area is 70.8 Å². The second kappa shape index (κ2) is 4.85. The minimum absolute atomic E-state index is 0.335. The van der Waals surface area contributed by atoms with Crippen molar-refractivity contribution in [1.29, 1.82) is 0 Å². The quantitative estimate of drug-likeness (QED) is 0.652. The lowest BCUT2D eigenvalue weighted by Gasteiger charge is -2.17. The van der Waals surface area contributed by atoms with E-state index >= 15 is 0 Å². The predicted molar refractivity (Wildman–Crippen MR) is 48.0 cm³/mol. The number of nitrogens with two attached hydrogens (primary N) is 1. The van der Waals surface area contributed by atoms with Gasteiger partial charge in [0.05, 0.1) is 6.61 Å². The Morgan fingerprint density at radius 2 is 2.09 bits per heavy atom. The van der Waals surface area contributed by atoms with Crippen LogP contribution in [-0.2, 0) is 15.5 Å². The van der Waals surface area contributed by atoms with E-state index in [-0.39, 0.29) is 5.54 Å². The maximum Gasteiger partial charge on any atom is 0.0577 e. The van der Waals surface area contributed by atoms with Crippen molar-refractivity contribution in [2.45, 2.75) is 19.4 Å². The summed E-state index contributed by atoms with van der Waals surface area (Å²) in [4.78, 5) is 0. The molecule has 0 radical (unpaired) electrons. The third-order valence-corrected chi connectivity index (χ3v) is 2.74. The zero-order valence-electron chi connectivity index (χ0n) is 7.42. The maximum atomic E-state index is 11.2. The zero-order chi connectivity index (χ0) is 8.91. The molecule has 0 spiro atoms. The van der Waals surface area contributed by atoms with Gasteiger partial charge in [-0.05, 0) is 13.8 Å². The van der Waals surface area contributed by atoms with Gasteiger partial charge in [-0.25, -0.2) is 0 Å². The maximum absolute atomic E-state index is 11.2. The average Bonchev–Trinajstić information content (AvgIpc) is 1.79. The Hall–Kier alpha value is 0.0700. The van der Waals surface area contributed by atoms with Gasteiger partial charge in [0.15, 0.2) is 0 Å². The molecule has 0 aliphatic heterocycles. The number of hydrogen-bond donors (Lipinski definition) is 1. The van der Waals surface area contributed by atoms with Gasteiger partial charge in [0.2, 0.25) is 0 Å². The summed E-state index contributed by atoms with van der Waals surface area (Å²) in [5.74, 6) is 1.12. The number of ether oxygens (including phenoxy) is 1. The second-order valence-electron chi connectivity index (χ2n) is 3.27. The van der Waals surface area contributed by atoms with Crippen molar-refractivity contribution in [3.05, 3.63) is 0 Å². The molecule has 0 bridgehead atoms. The van der Waals surface area contributed by atoms with Gasteiger partial charge in [0, 0.05) is 35.0 Å². The van der Waals surface area contributed by atoms with E-state index in [1.807, 2.05) is 13.8 Å². The third kappa shape index (κ3) is 7.97. The first-order valence-electron chi connectivity index (χ1n) is 3.58. The molecule has 1 unspecified atom stereocenters. The SMILES string of the molecule is COCCS(=O)CC(C)(C)N. The molecule has 0 amide bonds. The van der Waals surface area contributed by atoms with E-state index in [9.17, 15) is 4.21 Å². The van der Waals surface area contributed by atoms with Gasteiger partial charge in [-0.2, -0.15) is 0 Å². The molecule has 0 aromatic rings. The van der Waals surface area contributed by atoms with Crippen LogP contribution in [-0.4, -0.2) is 35.0 Å². The van der Waals surface area contributed by atoms with Crippen molar-refractivity contribution in [1.82, 2.24) is 0 Å². The van der Waals surface area contributed by atoms with Crippen LogP contribution in [0.1, 0.15) is 13.8 Å². The van der Waals surface area contributed by atoms with Crippen molar-refractivity contribution in [2.24, 2.45) is 5.73 Å². The highest BCUT2D eigenvalue weighted by atomic mass is 32.2. The minimum atomic E-state index is -0.839.